The molecule has 4 aromatic heterocycles. The summed E-state index contributed by atoms with van der Waals surface area (Å²) in [4.78, 5) is 49.0. The van der Waals surface area contributed by atoms with Crippen LogP contribution >= 0.6 is 11.6 Å². The van der Waals surface area contributed by atoms with Gasteiger partial charge >= 0.3 is 19.1 Å². The van der Waals surface area contributed by atoms with Gasteiger partial charge in [-0.2, -0.15) is 0 Å². The molecule has 0 spiro atoms. The molecule has 0 bridgehead atoms. The van der Waals surface area contributed by atoms with Gasteiger partial charge in [-0.05, 0) is 77.3 Å². The number of benzene rings is 4. The van der Waals surface area contributed by atoms with Crippen molar-refractivity contribution in [3.63, 3.8) is 0 Å². The minimum absolute atomic E-state index is 0.295. The van der Waals surface area contributed by atoms with E-state index in [0.29, 0.717) is 54.1 Å². The van der Waals surface area contributed by atoms with Crippen LogP contribution in [0.15, 0.2) is 183 Å². The predicted molar refractivity (Wildman–Crippen MR) is 267 cm³/mol. The van der Waals surface area contributed by atoms with E-state index in [9.17, 15) is 9.59 Å². The van der Waals surface area contributed by atoms with Crippen LogP contribution in [0.1, 0.15) is 22.5 Å². The fraction of sp³-hybridized carbons (Fsp3) is 0.154. The Morgan fingerprint density at radius 3 is 1.46 bits per heavy atom. The van der Waals surface area contributed by atoms with Crippen LogP contribution in [0.25, 0.3) is 11.3 Å². The molecule has 356 valence electrons. The first-order chi connectivity index (χ1) is 34.1. The molecule has 0 aliphatic heterocycles. The van der Waals surface area contributed by atoms with Crippen molar-refractivity contribution in [1.29, 1.82) is 0 Å². The van der Waals surface area contributed by atoms with Crippen LogP contribution in [0, 0.1) is 0 Å². The molecule has 8 rings (SSSR count). The highest BCUT2D eigenvalue weighted by Crippen LogP contribution is 2.23. The first kappa shape index (κ1) is 51.2. The van der Waals surface area contributed by atoms with Crippen LogP contribution in [0.5, 0.6) is 11.5 Å². The van der Waals surface area contributed by atoms with Crippen LogP contribution in [0.3, 0.4) is 0 Å². The number of halogens is 1. The minimum Gasteiger partial charge on any atom is -0.489 e. The molecular formula is C52H50BClN8O8. The third kappa shape index (κ3) is 17.1. The van der Waals surface area contributed by atoms with Crippen LogP contribution in [-0.4, -0.2) is 85.3 Å². The Morgan fingerprint density at radius 2 is 1.01 bits per heavy atom. The topological polar surface area (TPSA) is 213 Å². The van der Waals surface area contributed by atoms with Gasteiger partial charge in [0.05, 0.1) is 19.9 Å². The molecule has 2 atom stereocenters. The van der Waals surface area contributed by atoms with E-state index in [0.717, 1.165) is 39.5 Å². The lowest BCUT2D eigenvalue weighted by Crippen LogP contribution is -2.33. The molecule has 0 fully saturated rings. The monoisotopic (exact) mass is 960 g/mol. The SMILES string of the molecule is COC(=O)[C@@H](Cc1ccccn1)Nc1cc(-c2ccc(OCc3ccccc3)cc2)ncn1.COC(=O)[C@@H](Cc1ccccn1)Nc1cc(Cl)ncn1.OB(O)c1ccc(OCc2ccccc2)cc1. The third-order valence-corrected chi connectivity index (χ3v) is 10.2. The van der Waals surface area contributed by atoms with Gasteiger partial charge in [0.1, 0.15) is 66.2 Å². The molecule has 16 nitrogen and oxygen atoms in total. The van der Waals surface area contributed by atoms with Crippen molar-refractivity contribution in [1.82, 2.24) is 29.9 Å². The van der Waals surface area contributed by atoms with E-state index in [1.54, 1.807) is 42.7 Å². The zero-order valence-electron chi connectivity index (χ0n) is 38.3. The molecule has 0 aliphatic carbocycles. The highest BCUT2D eigenvalue weighted by Gasteiger charge is 2.22. The number of nitrogens with one attached hydrogen (secondary N) is 2. The number of carbonyl (C=O) groups excluding carboxylic acids is 2. The number of ether oxygens (including phenoxy) is 4. The molecule has 4 aromatic carbocycles. The lowest BCUT2D eigenvalue weighted by molar-refractivity contribution is -0.142. The number of pyridine rings is 2. The molecule has 4 N–H and O–H groups in total. The van der Waals surface area contributed by atoms with Gasteiger partial charge in [-0.15, -0.1) is 0 Å². The van der Waals surface area contributed by atoms with E-state index >= 15 is 0 Å². The molecule has 4 heterocycles. The third-order valence-electron chi connectivity index (χ3n) is 10.0. The summed E-state index contributed by atoms with van der Waals surface area (Å²) in [6.07, 6.45) is 6.91. The van der Waals surface area contributed by atoms with Gasteiger partial charge in [-0.3, -0.25) is 9.97 Å². The van der Waals surface area contributed by atoms with Crippen molar-refractivity contribution in [2.75, 3.05) is 24.9 Å². The number of methoxy groups -OCH3 is 2. The number of nitrogens with zero attached hydrogens (tertiary/aromatic N) is 6. The van der Waals surface area contributed by atoms with Crippen molar-refractivity contribution < 1.29 is 38.6 Å². The van der Waals surface area contributed by atoms with E-state index in [1.807, 2.05) is 121 Å². The van der Waals surface area contributed by atoms with Crippen LogP contribution in [0.2, 0.25) is 5.15 Å². The molecule has 8 aromatic rings. The molecule has 0 amide bonds. The fourth-order valence-electron chi connectivity index (χ4n) is 6.43. The molecular weight excluding hydrogens is 911 g/mol. The Bertz CT molecular complexity index is 2790. The second-order valence-electron chi connectivity index (χ2n) is 15.0. The summed E-state index contributed by atoms with van der Waals surface area (Å²) in [5, 5.41) is 24.3. The Kier molecular flexibility index (Phi) is 20.1. The number of aromatic nitrogens is 6. The van der Waals surface area contributed by atoms with E-state index in [4.69, 9.17) is 40.6 Å². The summed E-state index contributed by atoms with van der Waals surface area (Å²) < 4.78 is 21.2. The number of esters is 2. The maximum Gasteiger partial charge on any atom is 0.488 e. The lowest BCUT2D eigenvalue weighted by Gasteiger charge is -2.17. The normalized spacial score (nSPS) is 11.2. The van der Waals surface area contributed by atoms with Crippen LogP contribution < -0.4 is 25.6 Å². The van der Waals surface area contributed by atoms with Crippen molar-refractivity contribution in [3.05, 3.63) is 210 Å². The van der Waals surface area contributed by atoms with Gasteiger partial charge in [-0.25, -0.2) is 29.5 Å². The van der Waals surface area contributed by atoms with Gasteiger partial charge in [0.15, 0.2) is 0 Å². The molecule has 0 saturated carbocycles. The Labute approximate surface area is 410 Å². The first-order valence-corrected chi connectivity index (χ1v) is 22.2. The van der Waals surface area contributed by atoms with E-state index in [1.165, 1.54) is 32.9 Å². The summed E-state index contributed by atoms with van der Waals surface area (Å²) in [6, 6.07) is 47.5. The first-order valence-electron chi connectivity index (χ1n) is 21.8. The molecule has 0 aliphatic rings. The highest BCUT2D eigenvalue weighted by molar-refractivity contribution is 6.58. The van der Waals surface area contributed by atoms with Gasteiger partial charge < -0.3 is 39.6 Å². The second kappa shape index (κ2) is 27.5. The molecule has 0 unspecified atom stereocenters. The molecule has 18 heteroatoms. The number of anilines is 2. The maximum atomic E-state index is 12.3. The van der Waals surface area contributed by atoms with Gasteiger partial charge in [-0.1, -0.05) is 96.5 Å². The number of carbonyl (C=O) groups is 2. The summed E-state index contributed by atoms with van der Waals surface area (Å²) in [6.45, 7) is 1.01. The maximum absolute atomic E-state index is 12.3. The second-order valence-corrected chi connectivity index (χ2v) is 15.4. The van der Waals surface area contributed by atoms with E-state index < -0.39 is 25.2 Å². The lowest BCUT2D eigenvalue weighted by atomic mass is 9.80. The minimum atomic E-state index is -1.43. The van der Waals surface area contributed by atoms with Gasteiger partial charge in [0, 0.05) is 54.3 Å². The van der Waals surface area contributed by atoms with Crippen molar-refractivity contribution in [3.8, 4) is 22.8 Å². The number of hydrogen-bond acceptors (Lipinski definition) is 16. The van der Waals surface area contributed by atoms with Crippen molar-refractivity contribution in [2.45, 2.75) is 38.1 Å². The Hall–Kier alpha value is -8.25. The Morgan fingerprint density at radius 1 is 0.557 bits per heavy atom. The number of rotatable bonds is 18. The quantitative estimate of drug-likeness (QED) is 0.0388. The van der Waals surface area contributed by atoms with Crippen LogP contribution in [0.4, 0.5) is 11.6 Å². The summed E-state index contributed by atoms with van der Waals surface area (Å²) in [5.41, 5.74) is 5.85. The molecule has 0 saturated heterocycles. The van der Waals surface area contributed by atoms with Gasteiger partial charge in [0.2, 0.25) is 0 Å². The Balaban J connectivity index is 0.000000186. The van der Waals surface area contributed by atoms with E-state index in [-0.39, 0.29) is 5.97 Å². The largest absolute Gasteiger partial charge is 0.489 e. The standard InChI is InChI=1S/C26H24N4O3.C13H13BO3.C13H13ClN4O2/c1-32-26(31)24(15-21-9-5-6-14-27-21)30-25-16-23(28-18-29-25)20-10-12-22(13-11-20)33-17-19-7-3-2-4-8-19;15-14(16)12-6-8-13(9-7-12)17-10-11-4-2-1-3-5-11;1-20-13(19)10(6-9-4-2-3-5-15-9)18-12-7-11(14)16-8-17-12/h2-14,16,18,24H,15,17H2,1H3,(H,28,29,30);1-9,15-16H,10H2;2-5,7-8,10H,6H2,1H3,(H,16,17,18)/t24-;;10-/m1.1/s1. The zero-order chi connectivity index (χ0) is 49.3. The van der Waals surface area contributed by atoms with E-state index in [2.05, 4.69) is 40.5 Å². The average Bonchev–Trinajstić information content (AvgIpc) is 3.41. The molecule has 70 heavy (non-hydrogen) atoms. The van der Waals surface area contributed by atoms with Gasteiger partial charge in [0.25, 0.3) is 0 Å². The van der Waals surface area contributed by atoms with Crippen molar-refractivity contribution in [2.24, 2.45) is 0 Å². The molecule has 0 radical (unpaired) electrons. The zero-order valence-corrected chi connectivity index (χ0v) is 39.0. The number of hydrogen-bond donors (Lipinski definition) is 4. The van der Waals surface area contributed by atoms with Crippen molar-refractivity contribution >= 4 is 47.8 Å². The summed E-state index contributed by atoms with van der Waals surface area (Å²) in [7, 11) is 1.27. The average molecular weight is 961 g/mol. The predicted octanol–water partition coefficient (Wildman–Crippen LogP) is 6.98. The van der Waals surface area contributed by atoms with Crippen LogP contribution in [-0.2, 0) is 45.1 Å². The smallest absolute Gasteiger partial charge is 0.488 e. The highest BCUT2D eigenvalue weighted by atomic mass is 35.5. The fourth-order valence-corrected chi connectivity index (χ4v) is 6.58. The summed E-state index contributed by atoms with van der Waals surface area (Å²) >= 11 is 5.78. The summed E-state index contributed by atoms with van der Waals surface area (Å²) in [5.74, 6) is 1.67.